The summed E-state index contributed by atoms with van der Waals surface area (Å²) in [6.45, 7) is 3.96. The lowest BCUT2D eigenvalue weighted by Gasteiger charge is -2.14. The minimum absolute atomic E-state index is 0.0353. The zero-order valence-electron chi connectivity index (χ0n) is 10.9. The molecule has 2 rings (SSSR count). The normalized spacial score (nSPS) is 16.1. The summed E-state index contributed by atoms with van der Waals surface area (Å²) in [7, 11) is 0. The Morgan fingerprint density at radius 1 is 1.50 bits per heavy atom. The maximum Gasteiger partial charge on any atom is 0.242 e. The highest BCUT2D eigenvalue weighted by molar-refractivity contribution is 5.84. The maximum atomic E-state index is 11.8. The van der Waals surface area contributed by atoms with Gasteiger partial charge in [0.25, 0.3) is 0 Å². The van der Waals surface area contributed by atoms with Gasteiger partial charge in [-0.25, -0.2) is 9.97 Å². The van der Waals surface area contributed by atoms with Crippen molar-refractivity contribution in [3.8, 4) is 0 Å². The molecule has 2 N–H and O–H groups in total. The minimum atomic E-state index is -0.269. The summed E-state index contributed by atoms with van der Waals surface area (Å²) in [6, 6.07) is 2.03. The van der Waals surface area contributed by atoms with E-state index in [0.717, 1.165) is 31.4 Å². The molecule has 1 unspecified atom stereocenters. The first-order valence-electron chi connectivity index (χ1n) is 6.57. The van der Waals surface area contributed by atoms with E-state index in [9.17, 15) is 4.79 Å². The first kappa shape index (κ1) is 12.8. The van der Waals surface area contributed by atoms with E-state index in [-0.39, 0.29) is 11.9 Å². The molecule has 1 aliphatic carbocycles. The molecule has 1 fully saturated rings. The van der Waals surface area contributed by atoms with E-state index < -0.39 is 0 Å². The number of hydrogen-bond acceptors (Lipinski definition) is 4. The zero-order chi connectivity index (χ0) is 13.0. The van der Waals surface area contributed by atoms with Crippen LogP contribution < -0.4 is 10.6 Å². The third kappa shape index (κ3) is 3.68. The molecule has 1 aromatic heterocycles. The zero-order valence-corrected chi connectivity index (χ0v) is 10.9. The standard InChI is InChI=1S/C13H20N4O/c1-3-4-11-7-12(15-8-14-11)16-9(2)13(18)17-10-5-6-10/h7-10H,3-6H2,1-2H3,(H,17,18)(H,14,15,16). The Bertz CT molecular complexity index is 417. The molecular formula is C13H20N4O. The number of carbonyl (C=O) groups is 1. The first-order valence-corrected chi connectivity index (χ1v) is 6.57. The molecule has 0 radical (unpaired) electrons. The van der Waals surface area contributed by atoms with Gasteiger partial charge in [0.05, 0.1) is 0 Å². The van der Waals surface area contributed by atoms with Crippen molar-refractivity contribution in [1.29, 1.82) is 0 Å². The van der Waals surface area contributed by atoms with Gasteiger partial charge < -0.3 is 10.6 Å². The lowest BCUT2D eigenvalue weighted by molar-refractivity contribution is -0.121. The fourth-order valence-electron chi connectivity index (χ4n) is 1.71. The van der Waals surface area contributed by atoms with Crippen molar-refractivity contribution < 1.29 is 4.79 Å². The average molecular weight is 248 g/mol. The third-order valence-corrected chi connectivity index (χ3v) is 2.91. The second kappa shape index (κ2) is 5.80. The van der Waals surface area contributed by atoms with E-state index in [0.29, 0.717) is 11.9 Å². The Kier molecular flexibility index (Phi) is 4.12. The summed E-state index contributed by atoms with van der Waals surface area (Å²) >= 11 is 0. The topological polar surface area (TPSA) is 66.9 Å². The Balaban J connectivity index is 1.90. The van der Waals surface area contributed by atoms with Gasteiger partial charge in [-0.05, 0) is 26.2 Å². The first-order chi connectivity index (χ1) is 8.69. The Hall–Kier alpha value is -1.65. The van der Waals surface area contributed by atoms with Gasteiger partial charge in [0.1, 0.15) is 18.2 Å². The van der Waals surface area contributed by atoms with Gasteiger partial charge in [-0.1, -0.05) is 13.3 Å². The molecular weight excluding hydrogens is 228 g/mol. The van der Waals surface area contributed by atoms with E-state index in [1.807, 2.05) is 13.0 Å². The fourth-order valence-corrected chi connectivity index (χ4v) is 1.71. The number of aromatic nitrogens is 2. The number of hydrogen-bond donors (Lipinski definition) is 2. The Morgan fingerprint density at radius 3 is 2.94 bits per heavy atom. The Labute approximate surface area is 107 Å². The maximum absolute atomic E-state index is 11.8. The predicted molar refractivity (Wildman–Crippen MR) is 70.3 cm³/mol. The molecule has 1 amide bonds. The van der Waals surface area contributed by atoms with Crippen LogP contribution in [-0.2, 0) is 11.2 Å². The van der Waals surface area contributed by atoms with E-state index >= 15 is 0 Å². The van der Waals surface area contributed by atoms with Crippen LogP contribution in [0, 0.1) is 0 Å². The summed E-state index contributed by atoms with van der Waals surface area (Å²) in [6.07, 6.45) is 5.73. The molecule has 98 valence electrons. The van der Waals surface area contributed by atoms with Crippen LogP contribution in [0.1, 0.15) is 38.8 Å². The Morgan fingerprint density at radius 2 is 2.28 bits per heavy atom. The largest absolute Gasteiger partial charge is 0.359 e. The molecule has 18 heavy (non-hydrogen) atoms. The quantitative estimate of drug-likeness (QED) is 0.800. The monoisotopic (exact) mass is 248 g/mol. The molecule has 1 saturated carbocycles. The van der Waals surface area contributed by atoms with Gasteiger partial charge in [0, 0.05) is 17.8 Å². The van der Waals surface area contributed by atoms with Gasteiger partial charge in [0.2, 0.25) is 5.91 Å². The SMILES string of the molecule is CCCc1cc(NC(C)C(=O)NC2CC2)ncn1. The van der Waals surface area contributed by atoms with Crippen molar-refractivity contribution in [3.63, 3.8) is 0 Å². The highest BCUT2D eigenvalue weighted by atomic mass is 16.2. The van der Waals surface area contributed by atoms with Crippen molar-refractivity contribution >= 4 is 11.7 Å². The molecule has 1 heterocycles. The van der Waals surface area contributed by atoms with E-state index in [4.69, 9.17) is 0 Å². The molecule has 1 aliphatic rings. The smallest absolute Gasteiger partial charge is 0.242 e. The summed E-state index contributed by atoms with van der Waals surface area (Å²) in [5.74, 6) is 0.750. The van der Waals surface area contributed by atoms with Crippen LogP contribution in [0.2, 0.25) is 0 Å². The molecule has 0 aliphatic heterocycles. The van der Waals surface area contributed by atoms with Crippen LogP contribution >= 0.6 is 0 Å². The number of nitrogens with zero attached hydrogens (tertiary/aromatic N) is 2. The van der Waals surface area contributed by atoms with Crippen LogP contribution in [0.4, 0.5) is 5.82 Å². The highest BCUT2D eigenvalue weighted by Crippen LogP contribution is 2.18. The number of rotatable bonds is 6. The van der Waals surface area contributed by atoms with Gasteiger partial charge in [-0.15, -0.1) is 0 Å². The molecule has 5 nitrogen and oxygen atoms in total. The fraction of sp³-hybridized carbons (Fsp3) is 0.615. The number of carbonyl (C=O) groups excluding carboxylic acids is 1. The highest BCUT2D eigenvalue weighted by Gasteiger charge is 2.25. The summed E-state index contributed by atoms with van der Waals surface area (Å²) in [4.78, 5) is 20.1. The lowest BCUT2D eigenvalue weighted by Crippen LogP contribution is -2.38. The van der Waals surface area contributed by atoms with E-state index in [1.165, 1.54) is 0 Å². The number of amides is 1. The van der Waals surface area contributed by atoms with Crippen LogP contribution in [-0.4, -0.2) is 28.0 Å². The molecule has 5 heteroatoms. The number of nitrogens with one attached hydrogen (secondary N) is 2. The van der Waals surface area contributed by atoms with Crippen molar-refractivity contribution in [2.24, 2.45) is 0 Å². The minimum Gasteiger partial charge on any atom is -0.359 e. The third-order valence-electron chi connectivity index (χ3n) is 2.91. The summed E-state index contributed by atoms with van der Waals surface area (Å²) in [5, 5.41) is 6.08. The molecule has 1 aromatic rings. The van der Waals surface area contributed by atoms with Gasteiger partial charge >= 0.3 is 0 Å². The second-order valence-corrected chi connectivity index (χ2v) is 4.79. The van der Waals surface area contributed by atoms with Gasteiger partial charge in [-0.3, -0.25) is 4.79 Å². The van der Waals surface area contributed by atoms with E-state index in [2.05, 4.69) is 27.5 Å². The van der Waals surface area contributed by atoms with Crippen LogP contribution in [0.3, 0.4) is 0 Å². The average Bonchev–Trinajstić information content (AvgIpc) is 3.14. The van der Waals surface area contributed by atoms with E-state index in [1.54, 1.807) is 6.33 Å². The van der Waals surface area contributed by atoms with Crippen molar-refractivity contribution in [2.75, 3.05) is 5.32 Å². The summed E-state index contributed by atoms with van der Waals surface area (Å²) < 4.78 is 0. The van der Waals surface area contributed by atoms with Gasteiger partial charge in [0.15, 0.2) is 0 Å². The predicted octanol–water partition coefficient (Wildman–Crippen LogP) is 1.51. The lowest BCUT2D eigenvalue weighted by atomic mass is 10.2. The molecule has 0 bridgehead atoms. The number of aryl methyl sites for hydroxylation is 1. The second-order valence-electron chi connectivity index (χ2n) is 4.79. The molecule has 0 spiro atoms. The van der Waals surface area contributed by atoms with Crippen LogP contribution in [0.5, 0.6) is 0 Å². The van der Waals surface area contributed by atoms with Crippen LogP contribution in [0.15, 0.2) is 12.4 Å². The number of anilines is 1. The van der Waals surface area contributed by atoms with Crippen LogP contribution in [0.25, 0.3) is 0 Å². The molecule has 0 saturated heterocycles. The van der Waals surface area contributed by atoms with Crippen molar-refractivity contribution in [3.05, 3.63) is 18.1 Å². The molecule has 1 atom stereocenters. The summed E-state index contributed by atoms with van der Waals surface area (Å²) in [5.41, 5.74) is 1.00. The van der Waals surface area contributed by atoms with Crippen molar-refractivity contribution in [2.45, 2.75) is 51.6 Å². The molecule has 0 aromatic carbocycles. The van der Waals surface area contributed by atoms with Gasteiger partial charge in [-0.2, -0.15) is 0 Å². The van der Waals surface area contributed by atoms with Crippen molar-refractivity contribution in [1.82, 2.24) is 15.3 Å².